The molecule has 3 N–H and O–H groups in total. The average molecular weight is 245 g/mol. The molecule has 18 heavy (non-hydrogen) atoms. The highest BCUT2D eigenvalue weighted by molar-refractivity contribution is 5.56. The molecular formula is C14H19N3O. The van der Waals surface area contributed by atoms with Crippen molar-refractivity contribution >= 4 is 0 Å². The first-order valence-corrected chi connectivity index (χ1v) is 6.30. The number of hydrogen-bond acceptors (Lipinski definition) is 3. The molecule has 0 aliphatic carbocycles. The number of aromatic nitrogens is 2. The summed E-state index contributed by atoms with van der Waals surface area (Å²) in [7, 11) is 0. The fraction of sp³-hybridized carbons (Fsp3) is 0.357. The van der Waals surface area contributed by atoms with Crippen molar-refractivity contribution in [2.24, 2.45) is 5.73 Å². The lowest BCUT2D eigenvalue weighted by atomic mass is 10.2. The van der Waals surface area contributed by atoms with E-state index in [1.165, 1.54) is 0 Å². The lowest BCUT2D eigenvalue weighted by molar-refractivity contribution is 0.340. The Kier molecular flexibility index (Phi) is 4.36. The third-order valence-electron chi connectivity index (χ3n) is 2.72. The van der Waals surface area contributed by atoms with Gasteiger partial charge in [0, 0.05) is 17.5 Å². The number of benzene rings is 1. The number of nitrogens with one attached hydrogen (secondary N) is 1. The van der Waals surface area contributed by atoms with Crippen LogP contribution in [0.5, 0.6) is 5.75 Å². The number of hydrogen-bond donors (Lipinski definition) is 2. The van der Waals surface area contributed by atoms with E-state index >= 15 is 0 Å². The minimum absolute atomic E-state index is 0.684. The Hall–Kier alpha value is -1.81. The lowest BCUT2D eigenvalue weighted by Gasteiger charge is -2.03. The molecule has 0 saturated heterocycles. The van der Waals surface area contributed by atoms with E-state index in [1.807, 2.05) is 37.4 Å². The summed E-state index contributed by atoms with van der Waals surface area (Å²) in [5, 5.41) is 0. The Labute approximate surface area is 107 Å². The van der Waals surface area contributed by atoms with Gasteiger partial charge in [0.2, 0.25) is 0 Å². The van der Waals surface area contributed by atoms with Crippen LogP contribution in [0.4, 0.5) is 0 Å². The average Bonchev–Trinajstić information content (AvgIpc) is 2.86. The molecule has 1 aromatic carbocycles. The van der Waals surface area contributed by atoms with E-state index < -0.39 is 0 Å². The van der Waals surface area contributed by atoms with Crippen molar-refractivity contribution in [2.75, 3.05) is 13.2 Å². The monoisotopic (exact) mass is 245 g/mol. The third kappa shape index (κ3) is 3.11. The molecule has 0 spiro atoms. The molecule has 4 nitrogen and oxygen atoms in total. The van der Waals surface area contributed by atoms with Crippen molar-refractivity contribution in [1.82, 2.24) is 9.97 Å². The number of nitrogens with zero attached hydrogens (tertiary/aromatic N) is 1. The highest BCUT2D eigenvalue weighted by Gasteiger charge is 2.03. The maximum Gasteiger partial charge on any atom is 0.137 e. The van der Waals surface area contributed by atoms with E-state index in [0.717, 1.165) is 35.7 Å². The standard InChI is InChI=1S/C14H19N3O/c1-2-18-13-7-5-11(6-8-13)14-16-10-12(17-14)4-3-9-15/h5-8,10H,2-4,9,15H2,1H3,(H,16,17). The molecule has 4 heteroatoms. The zero-order chi connectivity index (χ0) is 12.8. The highest BCUT2D eigenvalue weighted by atomic mass is 16.5. The van der Waals surface area contributed by atoms with Crippen LogP contribution in [0.2, 0.25) is 0 Å². The van der Waals surface area contributed by atoms with E-state index in [9.17, 15) is 0 Å². The minimum Gasteiger partial charge on any atom is -0.494 e. The largest absolute Gasteiger partial charge is 0.494 e. The Bertz CT molecular complexity index is 476. The maximum atomic E-state index is 5.49. The van der Waals surface area contributed by atoms with Gasteiger partial charge in [-0.05, 0) is 50.6 Å². The van der Waals surface area contributed by atoms with Gasteiger partial charge < -0.3 is 15.5 Å². The Morgan fingerprint density at radius 3 is 2.72 bits per heavy atom. The van der Waals surface area contributed by atoms with Crippen molar-refractivity contribution in [2.45, 2.75) is 19.8 Å². The molecular weight excluding hydrogens is 226 g/mol. The zero-order valence-electron chi connectivity index (χ0n) is 10.6. The fourth-order valence-corrected chi connectivity index (χ4v) is 1.80. The summed E-state index contributed by atoms with van der Waals surface area (Å²) in [4.78, 5) is 7.69. The van der Waals surface area contributed by atoms with Crippen LogP contribution in [-0.2, 0) is 6.42 Å². The smallest absolute Gasteiger partial charge is 0.137 e. The van der Waals surface area contributed by atoms with E-state index in [-0.39, 0.29) is 0 Å². The van der Waals surface area contributed by atoms with Gasteiger partial charge in [0.1, 0.15) is 11.6 Å². The van der Waals surface area contributed by atoms with Gasteiger partial charge in [0.25, 0.3) is 0 Å². The van der Waals surface area contributed by atoms with Gasteiger partial charge in [-0.25, -0.2) is 4.98 Å². The molecule has 96 valence electrons. The topological polar surface area (TPSA) is 63.9 Å². The van der Waals surface area contributed by atoms with Crippen molar-refractivity contribution in [1.29, 1.82) is 0 Å². The first kappa shape index (κ1) is 12.6. The van der Waals surface area contributed by atoms with E-state index in [2.05, 4.69) is 9.97 Å². The summed E-state index contributed by atoms with van der Waals surface area (Å²) in [6.07, 6.45) is 3.80. The van der Waals surface area contributed by atoms with Crippen molar-refractivity contribution in [3.63, 3.8) is 0 Å². The van der Waals surface area contributed by atoms with Crippen LogP contribution < -0.4 is 10.5 Å². The predicted molar refractivity (Wildman–Crippen MR) is 72.6 cm³/mol. The van der Waals surface area contributed by atoms with Gasteiger partial charge in [-0.2, -0.15) is 0 Å². The van der Waals surface area contributed by atoms with Gasteiger partial charge in [0.05, 0.1) is 6.61 Å². The number of rotatable bonds is 6. The number of nitrogens with two attached hydrogens (primary N) is 1. The maximum absolute atomic E-state index is 5.49. The minimum atomic E-state index is 0.684. The first-order valence-electron chi connectivity index (χ1n) is 6.30. The van der Waals surface area contributed by atoms with Gasteiger partial charge in [-0.3, -0.25) is 0 Å². The summed E-state index contributed by atoms with van der Waals surface area (Å²) < 4.78 is 5.41. The first-order chi connectivity index (χ1) is 8.83. The zero-order valence-corrected chi connectivity index (χ0v) is 10.6. The molecule has 2 rings (SSSR count). The summed E-state index contributed by atoms with van der Waals surface area (Å²) in [5.74, 6) is 1.78. The quantitative estimate of drug-likeness (QED) is 0.821. The number of aromatic amines is 1. The second kappa shape index (κ2) is 6.21. The Morgan fingerprint density at radius 1 is 1.28 bits per heavy atom. The van der Waals surface area contributed by atoms with Crippen molar-refractivity contribution in [3.05, 3.63) is 36.2 Å². The summed E-state index contributed by atoms with van der Waals surface area (Å²) in [6, 6.07) is 7.94. The highest BCUT2D eigenvalue weighted by Crippen LogP contribution is 2.20. The molecule has 0 radical (unpaired) electrons. The molecule has 0 amide bonds. The van der Waals surface area contributed by atoms with Gasteiger partial charge in [-0.1, -0.05) is 0 Å². The molecule has 2 aromatic rings. The molecule has 0 unspecified atom stereocenters. The van der Waals surface area contributed by atoms with E-state index in [0.29, 0.717) is 13.2 Å². The van der Waals surface area contributed by atoms with Gasteiger partial charge in [0.15, 0.2) is 0 Å². The third-order valence-corrected chi connectivity index (χ3v) is 2.72. The molecule has 0 atom stereocenters. The van der Waals surface area contributed by atoms with Crippen molar-refractivity contribution < 1.29 is 4.74 Å². The second-order valence-electron chi connectivity index (χ2n) is 4.11. The van der Waals surface area contributed by atoms with Crippen LogP contribution >= 0.6 is 0 Å². The van der Waals surface area contributed by atoms with Crippen LogP contribution in [0.25, 0.3) is 11.4 Å². The lowest BCUT2D eigenvalue weighted by Crippen LogP contribution is -2.00. The predicted octanol–water partition coefficient (Wildman–Crippen LogP) is 2.37. The van der Waals surface area contributed by atoms with Crippen LogP contribution in [0.15, 0.2) is 30.5 Å². The van der Waals surface area contributed by atoms with E-state index in [4.69, 9.17) is 10.5 Å². The Morgan fingerprint density at radius 2 is 2.06 bits per heavy atom. The molecule has 0 bridgehead atoms. The normalized spacial score (nSPS) is 10.6. The Balaban J connectivity index is 2.08. The fourth-order valence-electron chi connectivity index (χ4n) is 1.80. The van der Waals surface area contributed by atoms with Crippen LogP contribution in [-0.4, -0.2) is 23.1 Å². The molecule has 1 heterocycles. The van der Waals surface area contributed by atoms with Crippen LogP contribution in [0, 0.1) is 0 Å². The SMILES string of the molecule is CCOc1ccc(-c2ncc(CCCN)[nH]2)cc1. The number of H-pyrrole nitrogens is 1. The molecule has 0 fully saturated rings. The summed E-state index contributed by atoms with van der Waals surface area (Å²) >= 11 is 0. The summed E-state index contributed by atoms with van der Waals surface area (Å²) in [6.45, 7) is 3.37. The summed E-state index contributed by atoms with van der Waals surface area (Å²) in [5.41, 5.74) is 7.69. The molecule has 1 aromatic heterocycles. The van der Waals surface area contributed by atoms with E-state index in [1.54, 1.807) is 0 Å². The van der Waals surface area contributed by atoms with Crippen molar-refractivity contribution in [3.8, 4) is 17.1 Å². The van der Waals surface area contributed by atoms with Gasteiger partial charge >= 0.3 is 0 Å². The second-order valence-corrected chi connectivity index (χ2v) is 4.11. The van der Waals surface area contributed by atoms with Gasteiger partial charge in [-0.15, -0.1) is 0 Å². The van der Waals surface area contributed by atoms with Crippen LogP contribution in [0.1, 0.15) is 19.0 Å². The number of imidazole rings is 1. The molecule has 0 aliphatic heterocycles. The van der Waals surface area contributed by atoms with Crippen LogP contribution in [0.3, 0.4) is 0 Å². The number of aryl methyl sites for hydroxylation is 1. The molecule has 0 aliphatic rings. The number of ether oxygens (including phenoxy) is 1. The molecule has 0 saturated carbocycles.